The Morgan fingerprint density at radius 1 is 1.17 bits per heavy atom. The summed E-state index contributed by atoms with van der Waals surface area (Å²) in [6.45, 7) is 2.01. The Kier molecular flexibility index (Phi) is 3.10. The summed E-state index contributed by atoms with van der Waals surface area (Å²) in [5.41, 5.74) is 4.37. The summed E-state index contributed by atoms with van der Waals surface area (Å²) >= 11 is 0. The number of nitriles is 1. The second kappa shape index (κ2) is 5.17. The van der Waals surface area contributed by atoms with Gasteiger partial charge >= 0.3 is 0 Å². The fourth-order valence-electron chi connectivity index (χ4n) is 3.22. The lowest BCUT2D eigenvalue weighted by molar-refractivity contribution is -0.660. The van der Waals surface area contributed by atoms with Gasteiger partial charge in [-0.1, -0.05) is 12.1 Å². The van der Waals surface area contributed by atoms with E-state index in [0.29, 0.717) is 16.6 Å². The Balaban J connectivity index is 2.20. The number of hydrogen-bond donors (Lipinski definition) is 0. The average molecular weight is 317 g/mol. The summed E-state index contributed by atoms with van der Waals surface area (Å²) in [7, 11) is 1.97. The van der Waals surface area contributed by atoms with Gasteiger partial charge in [0.15, 0.2) is 6.20 Å². The number of halogens is 1. The second-order valence-electron chi connectivity index (χ2n) is 5.87. The zero-order valence-corrected chi connectivity index (χ0v) is 13.3. The van der Waals surface area contributed by atoms with Crippen molar-refractivity contribution < 1.29 is 13.4 Å². The van der Waals surface area contributed by atoms with E-state index in [9.17, 15) is 9.65 Å². The van der Waals surface area contributed by atoms with E-state index >= 15 is 0 Å². The predicted octanol–water partition coefficient (Wildman–Crippen LogP) is 4.40. The lowest BCUT2D eigenvalue weighted by Crippen LogP contribution is -2.30. The van der Waals surface area contributed by atoms with Crippen LogP contribution in [0.1, 0.15) is 11.1 Å². The van der Waals surface area contributed by atoms with E-state index in [1.807, 2.05) is 55.1 Å². The quantitative estimate of drug-likeness (QED) is 0.488. The molecule has 2 heterocycles. The molecular formula is C20H14FN2O+. The number of aromatic nitrogens is 1. The number of furan rings is 1. The van der Waals surface area contributed by atoms with Gasteiger partial charge in [-0.05, 0) is 24.6 Å². The summed E-state index contributed by atoms with van der Waals surface area (Å²) in [5.74, 6) is -0.471. The molecule has 4 heteroatoms. The average Bonchev–Trinajstić information content (AvgIpc) is 2.93. The van der Waals surface area contributed by atoms with Crippen LogP contribution in [0.4, 0.5) is 4.39 Å². The van der Waals surface area contributed by atoms with Gasteiger partial charge in [-0.25, -0.2) is 8.96 Å². The number of nitrogens with zero attached hydrogens (tertiary/aromatic N) is 2. The number of aryl methyl sites for hydroxylation is 2. The molecule has 4 aromatic rings. The number of rotatable bonds is 1. The first-order chi connectivity index (χ1) is 11.6. The molecule has 116 valence electrons. The monoisotopic (exact) mass is 317 g/mol. The summed E-state index contributed by atoms with van der Waals surface area (Å²) in [5, 5.41) is 10.8. The van der Waals surface area contributed by atoms with Gasteiger partial charge in [0.25, 0.3) is 0 Å². The number of fused-ring (bicyclic) bond motifs is 3. The van der Waals surface area contributed by atoms with Crippen molar-refractivity contribution in [3.05, 3.63) is 65.6 Å². The molecule has 0 aliphatic carbocycles. The van der Waals surface area contributed by atoms with Gasteiger partial charge in [-0.15, -0.1) is 0 Å². The Bertz CT molecular complexity index is 1150. The number of pyridine rings is 1. The van der Waals surface area contributed by atoms with Crippen LogP contribution in [-0.2, 0) is 7.05 Å². The van der Waals surface area contributed by atoms with Crippen LogP contribution in [0.3, 0.4) is 0 Å². The van der Waals surface area contributed by atoms with E-state index in [0.717, 1.165) is 22.2 Å². The third kappa shape index (κ3) is 1.99. The van der Waals surface area contributed by atoms with Gasteiger partial charge in [0.2, 0.25) is 5.69 Å². The van der Waals surface area contributed by atoms with Crippen LogP contribution in [0, 0.1) is 24.1 Å². The van der Waals surface area contributed by atoms with Crippen molar-refractivity contribution >= 4 is 21.9 Å². The van der Waals surface area contributed by atoms with E-state index in [1.54, 1.807) is 0 Å². The van der Waals surface area contributed by atoms with E-state index in [1.165, 1.54) is 12.1 Å². The van der Waals surface area contributed by atoms with Crippen LogP contribution < -0.4 is 4.57 Å². The lowest BCUT2D eigenvalue weighted by Gasteiger charge is -2.05. The van der Waals surface area contributed by atoms with Crippen LogP contribution >= 0.6 is 0 Å². The van der Waals surface area contributed by atoms with Crippen molar-refractivity contribution in [3.8, 4) is 17.3 Å². The molecular weight excluding hydrogens is 303 g/mol. The molecule has 3 nitrogen and oxygen atoms in total. The summed E-state index contributed by atoms with van der Waals surface area (Å²) in [4.78, 5) is 0. The van der Waals surface area contributed by atoms with Crippen LogP contribution in [0.5, 0.6) is 0 Å². The minimum Gasteiger partial charge on any atom is -0.455 e. The van der Waals surface area contributed by atoms with Gasteiger partial charge in [0.05, 0.1) is 11.1 Å². The molecule has 0 N–H and O–H groups in total. The van der Waals surface area contributed by atoms with E-state index < -0.39 is 5.82 Å². The molecule has 0 saturated heterocycles. The standard InChI is InChI=1S/C20H14FN2O/c1-12-6-7-15-19-13(11-22)9-14(21)10-17(19)24-20(15)18(12)16-5-3-4-8-23(16)2/h3-10H,1-2H3/q+1. The Morgan fingerprint density at radius 3 is 2.75 bits per heavy atom. The minimum absolute atomic E-state index is 0.288. The first kappa shape index (κ1) is 14.4. The zero-order chi connectivity index (χ0) is 16.8. The minimum atomic E-state index is -0.471. The predicted molar refractivity (Wildman–Crippen MR) is 89.7 cm³/mol. The molecule has 0 fully saturated rings. The topological polar surface area (TPSA) is 40.8 Å². The molecule has 0 aliphatic rings. The molecule has 2 aromatic carbocycles. The van der Waals surface area contributed by atoms with Crippen molar-refractivity contribution in [3.63, 3.8) is 0 Å². The fraction of sp³-hybridized carbons (Fsp3) is 0.100. The van der Waals surface area contributed by atoms with Gasteiger partial charge < -0.3 is 4.42 Å². The van der Waals surface area contributed by atoms with E-state index in [-0.39, 0.29) is 5.56 Å². The summed E-state index contributed by atoms with van der Waals surface area (Å²) in [6, 6.07) is 14.5. The molecule has 0 radical (unpaired) electrons. The largest absolute Gasteiger partial charge is 0.455 e. The molecule has 4 rings (SSSR count). The van der Waals surface area contributed by atoms with Crippen LogP contribution in [0.2, 0.25) is 0 Å². The first-order valence-corrected chi connectivity index (χ1v) is 7.60. The second-order valence-corrected chi connectivity index (χ2v) is 5.87. The molecule has 2 aromatic heterocycles. The molecule has 0 atom stereocenters. The molecule has 0 unspecified atom stereocenters. The Labute approximate surface area is 138 Å². The maximum absolute atomic E-state index is 13.8. The van der Waals surface area contributed by atoms with Crippen LogP contribution in [0.15, 0.2) is 53.1 Å². The molecule has 0 aliphatic heterocycles. The van der Waals surface area contributed by atoms with Gasteiger partial charge in [0, 0.05) is 29.0 Å². The molecule has 0 amide bonds. The van der Waals surface area contributed by atoms with Crippen molar-refractivity contribution in [2.24, 2.45) is 7.05 Å². The van der Waals surface area contributed by atoms with Crippen molar-refractivity contribution in [2.45, 2.75) is 6.92 Å². The maximum atomic E-state index is 13.8. The van der Waals surface area contributed by atoms with Crippen molar-refractivity contribution in [1.82, 2.24) is 0 Å². The van der Waals surface area contributed by atoms with E-state index in [4.69, 9.17) is 4.42 Å². The molecule has 24 heavy (non-hydrogen) atoms. The molecule has 0 spiro atoms. The highest BCUT2D eigenvalue weighted by Crippen LogP contribution is 2.38. The highest BCUT2D eigenvalue weighted by Gasteiger charge is 2.21. The normalized spacial score (nSPS) is 11.1. The van der Waals surface area contributed by atoms with Gasteiger partial charge in [-0.2, -0.15) is 5.26 Å². The highest BCUT2D eigenvalue weighted by atomic mass is 19.1. The van der Waals surface area contributed by atoms with Crippen molar-refractivity contribution in [2.75, 3.05) is 0 Å². The third-order valence-electron chi connectivity index (χ3n) is 4.35. The molecule has 0 saturated carbocycles. The number of benzene rings is 2. The lowest BCUT2D eigenvalue weighted by atomic mass is 9.99. The first-order valence-electron chi connectivity index (χ1n) is 7.60. The maximum Gasteiger partial charge on any atom is 0.216 e. The SMILES string of the molecule is Cc1ccc2c(oc3cc(F)cc(C#N)c32)c1-c1cccc[n+]1C. The smallest absolute Gasteiger partial charge is 0.216 e. The third-order valence-corrected chi connectivity index (χ3v) is 4.35. The fourth-order valence-corrected chi connectivity index (χ4v) is 3.22. The van der Waals surface area contributed by atoms with Gasteiger partial charge in [-0.3, -0.25) is 0 Å². The van der Waals surface area contributed by atoms with E-state index in [2.05, 4.69) is 6.07 Å². The van der Waals surface area contributed by atoms with Crippen molar-refractivity contribution in [1.29, 1.82) is 5.26 Å². The zero-order valence-electron chi connectivity index (χ0n) is 13.3. The Morgan fingerprint density at radius 2 is 2.00 bits per heavy atom. The van der Waals surface area contributed by atoms with Crippen LogP contribution in [0.25, 0.3) is 33.2 Å². The number of hydrogen-bond acceptors (Lipinski definition) is 2. The van der Waals surface area contributed by atoms with Crippen LogP contribution in [-0.4, -0.2) is 0 Å². The highest BCUT2D eigenvalue weighted by molar-refractivity contribution is 6.11. The Hall–Kier alpha value is -3.19. The van der Waals surface area contributed by atoms with Gasteiger partial charge in [0.1, 0.15) is 30.1 Å². The summed E-state index contributed by atoms with van der Waals surface area (Å²) < 4.78 is 21.8. The molecule has 0 bridgehead atoms. The summed E-state index contributed by atoms with van der Waals surface area (Å²) in [6.07, 6.45) is 1.97.